The third kappa shape index (κ3) is 3.13. The first-order valence-corrected chi connectivity index (χ1v) is 8.44. The van der Waals surface area contributed by atoms with Crippen molar-refractivity contribution >= 4 is 28.1 Å². The average molecular weight is 329 g/mol. The van der Waals surface area contributed by atoms with Gasteiger partial charge < -0.3 is 14.6 Å². The fourth-order valence-electron chi connectivity index (χ4n) is 2.56. The van der Waals surface area contributed by atoms with Gasteiger partial charge in [-0.05, 0) is 19.1 Å². The van der Waals surface area contributed by atoms with E-state index in [4.69, 9.17) is 4.74 Å². The van der Waals surface area contributed by atoms with E-state index in [1.165, 1.54) is 11.3 Å². The first kappa shape index (κ1) is 15.7. The lowest BCUT2D eigenvalue weighted by atomic mass is 10.2. The van der Waals surface area contributed by atoms with Gasteiger partial charge in [-0.15, -0.1) is 11.3 Å². The van der Waals surface area contributed by atoms with Gasteiger partial charge in [-0.3, -0.25) is 4.79 Å². The van der Waals surface area contributed by atoms with Gasteiger partial charge in [-0.25, -0.2) is 4.98 Å². The number of aromatic nitrogens is 2. The van der Waals surface area contributed by atoms with E-state index in [2.05, 4.69) is 33.1 Å². The molecule has 1 N–H and O–H groups in total. The van der Waals surface area contributed by atoms with Crippen LogP contribution in [0.3, 0.4) is 0 Å². The van der Waals surface area contributed by atoms with Crippen molar-refractivity contribution in [3.05, 3.63) is 41.4 Å². The SMILES string of the molecule is CCNC(=O)c1csc(-c2cc3ccccc3n2CCOC)n1. The van der Waals surface area contributed by atoms with Gasteiger partial charge in [-0.1, -0.05) is 18.2 Å². The summed E-state index contributed by atoms with van der Waals surface area (Å²) >= 11 is 1.49. The minimum absolute atomic E-state index is 0.130. The average Bonchev–Trinajstić information content (AvgIpc) is 3.18. The van der Waals surface area contributed by atoms with E-state index < -0.39 is 0 Å². The second kappa shape index (κ2) is 6.93. The highest BCUT2D eigenvalue weighted by atomic mass is 32.1. The van der Waals surface area contributed by atoms with Crippen LogP contribution in [0.25, 0.3) is 21.6 Å². The smallest absolute Gasteiger partial charge is 0.270 e. The summed E-state index contributed by atoms with van der Waals surface area (Å²) in [5.41, 5.74) is 2.63. The van der Waals surface area contributed by atoms with E-state index in [0.717, 1.165) is 28.1 Å². The predicted octanol–water partition coefficient (Wildman–Crippen LogP) is 3.16. The molecule has 3 rings (SSSR count). The van der Waals surface area contributed by atoms with Gasteiger partial charge in [0, 0.05) is 36.5 Å². The van der Waals surface area contributed by atoms with Crippen molar-refractivity contribution in [2.75, 3.05) is 20.3 Å². The van der Waals surface area contributed by atoms with Gasteiger partial charge in [-0.2, -0.15) is 0 Å². The molecule has 2 aromatic heterocycles. The molecule has 0 radical (unpaired) electrons. The number of nitrogens with one attached hydrogen (secondary N) is 1. The zero-order valence-corrected chi connectivity index (χ0v) is 14.0. The number of ether oxygens (including phenoxy) is 1. The Bertz CT molecular complexity index is 822. The molecule has 23 heavy (non-hydrogen) atoms. The van der Waals surface area contributed by atoms with Gasteiger partial charge in [0.05, 0.1) is 12.3 Å². The molecule has 6 heteroatoms. The van der Waals surface area contributed by atoms with E-state index >= 15 is 0 Å². The number of hydrogen-bond acceptors (Lipinski definition) is 4. The largest absolute Gasteiger partial charge is 0.383 e. The minimum Gasteiger partial charge on any atom is -0.383 e. The molecule has 0 bridgehead atoms. The number of methoxy groups -OCH3 is 1. The molecule has 3 aromatic rings. The highest BCUT2D eigenvalue weighted by molar-refractivity contribution is 7.13. The Morgan fingerprint density at radius 2 is 2.22 bits per heavy atom. The van der Waals surface area contributed by atoms with Gasteiger partial charge in [0.15, 0.2) is 0 Å². The number of thiazole rings is 1. The minimum atomic E-state index is -0.130. The summed E-state index contributed by atoms with van der Waals surface area (Å²) < 4.78 is 7.42. The standard InChI is InChI=1S/C17H19N3O2S/c1-3-18-16(21)13-11-23-17(19-13)15-10-12-6-4-5-7-14(12)20(15)8-9-22-2/h4-7,10-11H,3,8-9H2,1-2H3,(H,18,21). The molecule has 5 nitrogen and oxygen atoms in total. The van der Waals surface area contributed by atoms with Crippen molar-refractivity contribution in [2.45, 2.75) is 13.5 Å². The predicted molar refractivity (Wildman–Crippen MR) is 92.9 cm³/mol. The maximum Gasteiger partial charge on any atom is 0.270 e. The van der Waals surface area contributed by atoms with Crippen LogP contribution in [0.2, 0.25) is 0 Å². The molecule has 0 aliphatic heterocycles. The normalized spacial score (nSPS) is 11.0. The van der Waals surface area contributed by atoms with Crippen LogP contribution in [0.15, 0.2) is 35.7 Å². The van der Waals surface area contributed by atoms with Crippen LogP contribution in [-0.4, -0.2) is 35.7 Å². The second-order valence-electron chi connectivity index (χ2n) is 5.13. The Labute approximate surface area is 138 Å². The summed E-state index contributed by atoms with van der Waals surface area (Å²) in [6, 6.07) is 10.3. The van der Waals surface area contributed by atoms with Crippen molar-refractivity contribution in [1.29, 1.82) is 0 Å². The number of fused-ring (bicyclic) bond motifs is 1. The summed E-state index contributed by atoms with van der Waals surface area (Å²) in [5.74, 6) is -0.130. The maximum absolute atomic E-state index is 11.9. The number of hydrogen-bond donors (Lipinski definition) is 1. The van der Waals surface area contributed by atoms with Crippen LogP contribution in [0.1, 0.15) is 17.4 Å². The molecule has 0 saturated carbocycles. The topological polar surface area (TPSA) is 56.2 Å². The highest BCUT2D eigenvalue weighted by Gasteiger charge is 2.16. The van der Waals surface area contributed by atoms with Gasteiger partial charge in [0.2, 0.25) is 0 Å². The summed E-state index contributed by atoms with van der Waals surface area (Å²) in [5, 5.41) is 6.59. The van der Waals surface area contributed by atoms with E-state index in [1.54, 1.807) is 12.5 Å². The lowest BCUT2D eigenvalue weighted by Gasteiger charge is -2.08. The molecule has 2 heterocycles. The quantitative estimate of drug-likeness (QED) is 0.756. The molecule has 1 amide bonds. The Morgan fingerprint density at radius 1 is 1.39 bits per heavy atom. The molecule has 0 aliphatic rings. The van der Waals surface area contributed by atoms with Crippen molar-refractivity contribution in [2.24, 2.45) is 0 Å². The highest BCUT2D eigenvalue weighted by Crippen LogP contribution is 2.30. The van der Waals surface area contributed by atoms with Crippen molar-refractivity contribution < 1.29 is 9.53 Å². The third-order valence-electron chi connectivity index (χ3n) is 3.62. The summed E-state index contributed by atoms with van der Waals surface area (Å²) in [4.78, 5) is 16.4. The van der Waals surface area contributed by atoms with Gasteiger partial charge >= 0.3 is 0 Å². The third-order valence-corrected chi connectivity index (χ3v) is 4.49. The van der Waals surface area contributed by atoms with Crippen molar-refractivity contribution in [3.8, 4) is 10.7 Å². The lowest BCUT2D eigenvalue weighted by Crippen LogP contribution is -2.22. The van der Waals surface area contributed by atoms with E-state index in [-0.39, 0.29) is 5.91 Å². The van der Waals surface area contributed by atoms with Crippen LogP contribution < -0.4 is 5.32 Å². The number of amides is 1. The van der Waals surface area contributed by atoms with Crippen LogP contribution in [0.4, 0.5) is 0 Å². The molecule has 120 valence electrons. The molecule has 0 unspecified atom stereocenters. The number of para-hydroxylation sites is 1. The fourth-order valence-corrected chi connectivity index (χ4v) is 3.38. The van der Waals surface area contributed by atoms with Crippen LogP contribution in [0, 0.1) is 0 Å². The first-order valence-electron chi connectivity index (χ1n) is 7.56. The number of carbonyl (C=O) groups excluding carboxylic acids is 1. The maximum atomic E-state index is 11.9. The molecular weight excluding hydrogens is 310 g/mol. The van der Waals surface area contributed by atoms with Crippen molar-refractivity contribution in [3.63, 3.8) is 0 Å². The first-order chi connectivity index (χ1) is 11.2. The molecule has 1 aromatic carbocycles. The molecule has 0 saturated heterocycles. The zero-order valence-electron chi connectivity index (χ0n) is 13.2. The Hall–Kier alpha value is -2.18. The molecule has 0 atom stereocenters. The lowest BCUT2D eigenvalue weighted by molar-refractivity contribution is 0.0951. The van der Waals surface area contributed by atoms with E-state index in [0.29, 0.717) is 18.8 Å². The summed E-state index contributed by atoms with van der Waals surface area (Å²) in [6.07, 6.45) is 0. The summed E-state index contributed by atoms with van der Waals surface area (Å²) in [6.45, 7) is 3.86. The molecule has 0 fully saturated rings. The number of rotatable bonds is 6. The Balaban J connectivity index is 2.03. The number of nitrogens with zero attached hydrogens (tertiary/aromatic N) is 2. The van der Waals surface area contributed by atoms with Gasteiger partial charge in [0.25, 0.3) is 5.91 Å². The number of carbonyl (C=O) groups is 1. The van der Waals surface area contributed by atoms with Crippen LogP contribution in [0.5, 0.6) is 0 Å². The van der Waals surface area contributed by atoms with Crippen LogP contribution in [-0.2, 0) is 11.3 Å². The molecular formula is C17H19N3O2S. The summed E-state index contributed by atoms with van der Waals surface area (Å²) in [7, 11) is 1.70. The zero-order chi connectivity index (χ0) is 16.2. The second-order valence-corrected chi connectivity index (χ2v) is 5.99. The van der Waals surface area contributed by atoms with Gasteiger partial charge in [0.1, 0.15) is 10.7 Å². The molecule has 0 aliphatic carbocycles. The number of benzene rings is 1. The monoisotopic (exact) mass is 329 g/mol. The van der Waals surface area contributed by atoms with E-state index in [1.807, 2.05) is 19.1 Å². The van der Waals surface area contributed by atoms with E-state index in [9.17, 15) is 4.79 Å². The molecule has 0 spiro atoms. The van der Waals surface area contributed by atoms with Crippen LogP contribution >= 0.6 is 11.3 Å². The Kier molecular flexibility index (Phi) is 4.73. The Morgan fingerprint density at radius 3 is 3.00 bits per heavy atom. The van der Waals surface area contributed by atoms with Crippen molar-refractivity contribution in [1.82, 2.24) is 14.9 Å². The fraction of sp³-hybridized carbons (Fsp3) is 0.294.